The largest absolute Gasteiger partial charge is 1.00 e. The first kappa shape index (κ1) is 20.5. The van der Waals surface area contributed by atoms with E-state index in [4.69, 9.17) is 0 Å². The zero-order valence-electron chi connectivity index (χ0n) is 10.9. The van der Waals surface area contributed by atoms with Gasteiger partial charge in [0.2, 0.25) is 0 Å². The van der Waals surface area contributed by atoms with Gasteiger partial charge in [-0.2, -0.15) is 0 Å². The van der Waals surface area contributed by atoms with Crippen molar-refractivity contribution in [3.05, 3.63) is 0 Å². The van der Waals surface area contributed by atoms with Crippen LogP contribution in [-0.4, -0.2) is 24.5 Å². The van der Waals surface area contributed by atoms with E-state index in [0.717, 1.165) is 19.3 Å². The Morgan fingerprint density at radius 3 is 2.06 bits per heavy atom. The minimum absolute atomic E-state index is 0. The average Bonchev–Trinajstić information content (AvgIpc) is 2.19. The topological polar surface area (TPSA) is 74.3 Å². The molecule has 0 spiro atoms. The molecule has 6 heteroatoms. The van der Waals surface area contributed by atoms with Crippen LogP contribution in [0.2, 0.25) is 0 Å². The molecule has 0 aromatic rings. The van der Waals surface area contributed by atoms with Crippen LogP contribution < -0.4 is 51.4 Å². The van der Waals surface area contributed by atoms with Gasteiger partial charge in [0, 0.05) is 18.6 Å². The van der Waals surface area contributed by atoms with Crippen molar-refractivity contribution in [3.63, 3.8) is 0 Å². The summed E-state index contributed by atoms with van der Waals surface area (Å²) in [4.78, 5) is 11.2. The molecule has 0 bridgehead atoms. The Bertz CT molecular complexity index is 288. The number of ketones is 1. The maximum Gasteiger partial charge on any atom is 1.00 e. The van der Waals surface area contributed by atoms with Gasteiger partial charge in [-0.25, -0.2) is 8.42 Å². The summed E-state index contributed by atoms with van der Waals surface area (Å²) >= 11 is 0. The van der Waals surface area contributed by atoms with Crippen molar-refractivity contribution in [1.29, 1.82) is 0 Å². The molecule has 0 N–H and O–H groups in total. The molecule has 0 aliphatic heterocycles. The van der Waals surface area contributed by atoms with Crippen LogP contribution in [0.15, 0.2) is 0 Å². The molecule has 17 heavy (non-hydrogen) atoms. The predicted octanol–water partition coefficient (Wildman–Crippen LogP) is -0.755. The Labute approximate surface area is 147 Å². The molecule has 0 saturated carbocycles. The SMILES string of the molecule is CCCCCCCCC(=O)CCS(=O)(=O)[O-].[K+]. The van der Waals surface area contributed by atoms with Gasteiger partial charge in [0.05, 0.1) is 10.1 Å². The van der Waals surface area contributed by atoms with Crippen LogP contribution >= 0.6 is 0 Å². The number of unbranched alkanes of at least 4 members (excludes halogenated alkanes) is 5. The Balaban J connectivity index is 0. The van der Waals surface area contributed by atoms with Crippen LogP contribution in [0.25, 0.3) is 0 Å². The zero-order valence-corrected chi connectivity index (χ0v) is 14.8. The van der Waals surface area contributed by atoms with E-state index in [0.29, 0.717) is 6.42 Å². The number of rotatable bonds is 10. The van der Waals surface area contributed by atoms with Crippen LogP contribution in [0.5, 0.6) is 0 Å². The molecular weight excluding hydrogens is 267 g/mol. The minimum atomic E-state index is -4.23. The second kappa shape index (κ2) is 12.3. The van der Waals surface area contributed by atoms with Gasteiger partial charge in [-0.3, -0.25) is 4.79 Å². The van der Waals surface area contributed by atoms with Gasteiger partial charge in [-0.05, 0) is 6.42 Å². The van der Waals surface area contributed by atoms with Crippen molar-refractivity contribution in [3.8, 4) is 0 Å². The Morgan fingerprint density at radius 1 is 1.00 bits per heavy atom. The van der Waals surface area contributed by atoms with Crippen LogP contribution in [0.3, 0.4) is 0 Å². The molecule has 0 amide bonds. The third kappa shape index (κ3) is 17.2. The van der Waals surface area contributed by atoms with E-state index in [-0.39, 0.29) is 63.6 Å². The number of hydrogen-bond acceptors (Lipinski definition) is 4. The van der Waals surface area contributed by atoms with Gasteiger partial charge in [-0.15, -0.1) is 0 Å². The molecular formula is C11H21KO4S. The molecule has 0 fully saturated rings. The third-order valence-electron chi connectivity index (χ3n) is 2.44. The third-order valence-corrected chi connectivity index (χ3v) is 3.14. The summed E-state index contributed by atoms with van der Waals surface area (Å²) in [5.74, 6) is -0.670. The van der Waals surface area contributed by atoms with E-state index in [1.54, 1.807) is 0 Å². The number of hydrogen-bond donors (Lipinski definition) is 0. The van der Waals surface area contributed by atoms with E-state index >= 15 is 0 Å². The minimum Gasteiger partial charge on any atom is -0.748 e. The molecule has 0 rings (SSSR count). The molecule has 0 radical (unpaired) electrons. The molecule has 0 atom stereocenters. The summed E-state index contributed by atoms with van der Waals surface area (Å²) in [6, 6.07) is 0. The van der Waals surface area contributed by atoms with Gasteiger partial charge in [0.1, 0.15) is 5.78 Å². The summed E-state index contributed by atoms with van der Waals surface area (Å²) < 4.78 is 30.8. The maximum atomic E-state index is 11.2. The van der Waals surface area contributed by atoms with Crippen LogP contribution in [0.4, 0.5) is 0 Å². The van der Waals surface area contributed by atoms with Crippen molar-refractivity contribution >= 4 is 15.9 Å². The molecule has 0 aliphatic rings. The molecule has 0 unspecified atom stereocenters. The number of carbonyl (C=O) groups excluding carboxylic acids is 1. The Kier molecular flexibility index (Phi) is 14.8. The first-order valence-corrected chi connectivity index (χ1v) is 7.48. The second-order valence-corrected chi connectivity index (χ2v) is 5.59. The molecule has 0 saturated heterocycles. The standard InChI is InChI=1S/C11H22O4S.K/c1-2-3-4-5-6-7-8-11(12)9-10-16(13,14)15;/h2-10H2,1H3,(H,13,14,15);/q;+1/p-1. The first-order chi connectivity index (χ1) is 7.45. The summed E-state index contributed by atoms with van der Waals surface area (Å²) in [5, 5.41) is 0. The van der Waals surface area contributed by atoms with Gasteiger partial charge in [0.25, 0.3) is 0 Å². The number of carbonyl (C=O) groups is 1. The monoisotopic (exact) mass is 288 g/mol. The molecule has 0 aromatic heterocycles. The Morgan fingerprint density at radius 2 is 1.53 bits per heavy atom. The molecule has 0 aromatic carbocycles. The maximum absolute atomic E-state index is 11.2. The van der Waals surface area contributed by atoms with Crippen molar-refractivity contribution in [2.45, 2.75) is 58.3 Å². The van der Waals surface area contributed by atoms with Gasteiger partial charge >= 0.3 is 51.4 Å². The van der Waals surface area contributed by atoms with Crippen LogP contribution in [0, 0.1) is 0 Å². The summed E-state index contributed by atoms with van der Waals surface area (Å²) in [5.41, 5.74) is 0. The van der Waals surface area contributed by atoms with Crippen molar-refractivity contribution in [2.75, 3.05) is 5.75 Å². The predicted molar refractivity (Wildman–Crippen MR) is 62.2 cm³/mol. The fourth-order valence-corrected chi connectivity index (χ4v) is 1.94. The quantitative estimate of drug-likeness (QED) is 0.301. The Hall–Kier alpha value is 1.22. The van der Waals surface area contributed by atoms with Crippen molar-refractivity contribution in [2.24, 2.45) is 0 Å². The fraction of sp³-hybridized carbons (Fsp3) is 0.909. The first-order valence-electron chi connectivity index (χ1n) is 5.91. The van der Waals surface area contributed by atoms with Gasteiger partial charge < -0.3 is 4.55 Å². The van der Waals surface area contributed by atoms with E-state index in [2.05, 4.69) is 6.92 Å². The van der Waals surface area contributed by atoms with Gasteiger partial charge in [0.15, 0.2) is 0 Å². The normalized spacial score (nSPS) is 10.9. The zero-order chi connectivity index (χ0) is 12.4. The molecule has 0 heterocycles. The van der Waals surface area contributed by atoms with Crippen molar-refractivity contribution in [1.82, 2.24) is 0 Å². The van der Waals surface area contributed by atoms with Gasteiger partial charge in [-0.1, -0.05) is 39.0 Å². The fourth-order valence-electron chi connectivity index (χ4n) is 1.47. The summed E-state index contributed by atoms with van der Waals surface area (Å²) in [6.45, 7) is 2.15. The molecule has 0 aliphatic carbocycles. The summed E-state index contributed by atoms with van der Waals surface area (Å²) in [6.07, 6.45) is 6.84. The van der Waals surface area contributed by atoms with E-state index in [1.165, 1.54) is 19.3 Å². The molecule has 4 nitrogen and oxygen atoms in total. The average molecular weight is 288 g/mol. The van der Waals surface area contributed by atoms with E-state index in [9.17, 15) is 17.8 Å². The van der Waals surface area contributed by atoms with E-state index in [1.807, 2.05) is 0 Å². The molecule has 96 valence electrons. The van der Waals surface area contributed by atoms with E-state index < -0.39 is 15.9 Å². The number of Topliss-reactive ketones (excluding diaryl/α,β-unsaturated/α-hetero) is 1. The smallest absolute Gasteiger partial charge is 0.748 e. The summed E-state index contributed by atoms with van der Waals surface area (Å²) in [7, 11) is -4.23. The van der Waals surface area contributed by atoms with Crippen molar-refractivity contribution < 1.29 is 69.1 Å². The van der Waals surface area contributed by atoms with Crippen LogP contribution in [0.1, 0.15) is 58.3 Å². The van der Waals surface area contributed by atoms with Crippen LogP contribution in [-0.2, 0) is 14.9 Å². The second-order valence-electron chi connectivity index (χ2n) is 4.07.